The van der Waals surface area contributed by atoms with Crippen molar-refractivity contribution in [1.29, 1.82) is 0 Å². The normalized spacial score (nSPS) is 13.2. The zero-order chi connectivity index (χ0) is 43.5. The number of likely N-dealkylation sites (N-methyl/N-ethyl adjacent to an activating group) is 1. The number of allylic oxidation sites excluding steroid dienone is 6. The van der Waals surface area contributed by atoms with E-state index in [0.717, 1.165) is 57.8 Å². The highest BCUT2D eigenvalue weighted by Gasteiger charge is 2.25. The number of hydrogen-bond donors (Lipinski definition) is 0. The minimum Gasteiger partial charge on any atom is -0.544 e. The molecule has 0 rings (SSSR count). The third kappa shape index (κ3) is 40.7. The second kappa shape index (κ2) is 42.2. The molecular weight excluding hydrogens is 739 g/mol. The molecule has 0 bridgehead atoms. The summed E-state index contributed by atoms with van der Waals surface area (Å²) in [4.78, 5) is 37.0. The number of aliphatic carboxylic acids is 1. The van der Waals surface area contributed by atoms with Crippen LogP contribution in [-0.4, -0.2) is 75.5 Å². The van der Waals surface area contributed by atoms with Crippen LogP contribution in [0.3, 0.4) is 0 Å². The number of hydrogen-bond acceptors (Lipinski definition) is 7. The van der Waals surface area contributed by atoms with Crippen molar-refractivity contribution in [3.05, 3.63) is 36.5 Å². The quantitative estimate of drug-likeness (QED) is 0.0261. The van der Waals surface area contributed by atoms with Crippen LogP contribution in [0.2, 0.25) is 0 Å². The highest BCUT2D eigenvalue weighted by atomic mass is 16.6. The van der Waals surface area contributed by atoms with Crippen molar-refractivity contribution < 1.29 is 38.2 Å². The van der Waals surface area contributed by atoms with Crippen LogP contribution >= 0.6 is 0 Å². The van der Waals surface area contributed by atoms with E-state index >= 15 is 0 Å². The Morgan fingerprint density at radius 2 is 0.949 bits per heavy atom. The van der Waals surface area contributed by atoms with E-state index in [4.69, 9.17) is 14.2 Å². The van der Waals surface area contributed by atoms with Gasteiger partial charge in [0.25, 0.3) is 0 Å². The smallest absolute Gasteiger partial charge is 0.306 e. The van der Waals surface area contributed by atoms with Crippen LogP contribution in [0.25, 0.3) is 0 Å². The molecule has 0 aromatic heterocycles. The molecule has 0 aliphatic rings. The zero-order valence-electron chi connectivity index (χ0n) is 39.2. The molecule has 59 heavy (non-hydrogen) atoms. The summed E-state index contributed by atoms with van der Waals surface area (Å²) in [7, 11) is 5.42. The van der Waals surface area contributed by atoms with Gasteiger partial charge in [0.2, 0.25) is 0 Å². The van der Waals surface area contributed by atoms with Crippen LogP contribution in [0.15, 0.2) is 36.5 Å². The largest absolute Gasteiger partial charge is 0.544 e. The van der Waals surface area contributed by atoms with E-state index in [0.29, 0.717) is 12.8 Å². The lowest BCUT2D eigenvalue weighted by Gasteiger charge is -2.34. The summed E-state index contributed by atoms with van der Waals surface area (Å²) in [6, 6.07) is -0.725. The van der Waals surface area contributed by atoms with E-state index in [9.17, 15) is 19.5 Å². The van der Waals surface area contributed by atoms with Gasteiger partial charge in [-0.2, -0.15) is 0 Å². The van der Waals surface area contributed by atoms with E-state index < -0.39 is 18.1 Å². The highest BCUT2D eigenvalue weighted by Crippen LogP contribution is 2.16. The summed E-state index contributed by atoms with van der Waals surface area (Å²) >= 11 is 0. The van der Waals surface area contributed by atoms with Gasteiger partial charge in [-0.3, -0.25) is 9.59 Å². The molecule has 8 nitrogen and oxygen atoms in total. The number of nitrogens with zero attached hydrogens (tertiary/aromatic N) is 1. The molecule has 0 aromatic carbocycles. The Balaban J connectivity index is 4.25. The lowest BCUT2D eigenvalue weighted by Crippen LogP contribution is -2.55. The van der Waals surface area contributed by atoms with Gasteiger partial charge in [0, 0.05) is 19.3 Å². The Bertz CT molecular complexity index is 1060. The molecule has 0 N–H and O–H groups in total. The number of carbonyl (C=O) groups is 3. The van der Waals surface area contributed by atoms with Gasteiger partial charge in [-0.25, -0.2) is 0 Å². The van der Waals surface area contributed by atoms with Crippen LogP contribution in [0.5, 0.6) is 0 Å². The number of carboxylic acids is 1. The molecule has 0 aliphatic heterocycles. The fourth-order valence-corrected chi connectivity index (χ4v) is 7.26. The fraction of sp³-hybridized carbons (Fsp3) is 0.824. The molecule has 2 unspecified atom stereocenters. The molecule has 0 saturated carbocycles. The Morgan fingerprint density at radius 1 is 0.525 bits per heavy atom. The van der Waals surface area contributed by atoms with Crippen molar-refractivity contribution in [1.82, 2.24) is 0 Å². The fourth-order valence-electron chi connectivity index (χ4n) is 7.26. The van der Waals surface area contributed by atoms with Gasteiger partial charge in [-0.1, -0.05) is 192 Å². The first kappa shape index (κ1) is 56.5. The topological polar surface area (TPSA) is 102 Å². The summed E-state index contributed by atoms with van der Waals surface area (Å²) in [5.41, 5.74) is 0. The Morgan fingerprint density at radius 3 is 1.41 bits per heavy atom. The van der Waals surface area contributed by atoms with E-state index in [1.807, 2.05) is 0 Å². The van der Waals surface area contributed by atoms with Gasteiger partial charge < -0.3 is 28.6 Å². The maximum Gasteiger partial charge on any atom is 0.306 e. The molecule has 0 saturated heterocycles. The van der Waals surface area contributed by atoms with Crippen molar-refractivity contribution in [3.8, 4) is 0 Å². The first-order valence-corrected chi connectivity index (χ1v) is 24.5. The predicted molar refractivity (Wildman–Crippen MR) is 245 cm³/mol. The van der Waals surface area contributed by atoms with E-state index in [2.05, 4.69) is 50.3 Å². The van der Waals surface area contributed by atoms with E-state index in [1.165, 1.54) is 128 Å². The number of carbonyl (C=O) groups excluding carboxylic acids is 3. The number of rotatable bonds is 44. The molecule has 2 atom stereocenters. The van der Waals surface area contributed by atoms with Crippen molar-refractivity contribution in [2.45, 2.75) is 231 Å². The number of carboxylic acid groups (broad SMARTS) is 1. The number of unbranched alkanes of at least 4 members (excludes halogenated alkanes) is 24. The molecule has 0 aromatic rings. The molecule has 0 amide bonds. The molecule has 0 aliphatic carbocycles. The summed E-state index contributed by atoms with van der Waals surface area (Å²) < 4.78 is 17.2. The van der Waals surface area contributed by atoms with Crippen LogP contribution in [0, 0.1) is 0 Å². The zero-order valence-corrected chi connectivity index (χ0v) is 39.2. The molecule has 344 valence electrons. The third-order valence-electron chi connectivity index (χ3n) is 11.0. The highest BCUT2D eigenvalue weighted by molar-refractivity contribution is 5.70. The first-order chi connectivity index (χ1) is 28.6. The van der Waals surface area contributed by atoms with Gasteiger partial charge in [0.1, 0.15) is 12.6 Å². The van der Waals surface area contributed by atoms with E-state index in [-0.39, 0.29) is 42.7 Å². The van der Waals surface area contributed by atoms with Gasteiger partial charge >= 0.3 is 11.9 Å². The van der Waals surface area contributed by atoms with Crippen molar-refractivity contribution >= 4 is 17.9 Å². The summed E-state index contributed by atoms with van der Waals surface area (Å²) in [6.07, 6.45) is 48.8. The first-order valence-electron chi connectivity index (χ1n) is 24.5. The maximum absolute atomic E-state index is 12.8. The van der Waals surface area contributed by atoms with Gasteiger partial charge in [-0.05, 0) is 44.9 Å². The van der Waals surface area contributed by atoms with Crippen molar-refractivity contribution in [2.75, 3.05) is 41.0 Å². The van der Waals surface area contributed by atoms with Crippen LogP contribution in [0.1, 0.15) is 219 Å². The molecule has 8 heteroatoms. The summed E-state index contributed by atoms with van der Waals surface area (Å²) in [5, 5.41) is 11.6. The Labute approximate surface area is 364 Å². The average molecular weight is 832 g/mol. The van der Waals surface area contributed by atoms with Gasteiger partial charge in [0.15, 0.2) is 6.10 Å². The Kier molecular flexibility index (Phi) is 40.5. The van der Waals surface area contributed by atoms with Crippen molar-refractivity contribution in [2.24, 2.45) is 0 Å². The second-order valence-electron chi connectivity index (χ2n) is 17.7. The predicted octanol–water partition coefficient (Wildman–Crippen LogP) is 12.5. The molecular formula is C51H93NO7. The van der Waals surface area contributed by atoms with Crippen LogP contribution in [-0.2, 0) is 28.6 Å². The average Bonchev–Trinajstić information content (AvgIpc) is 3.19. The van der Waals surface area contributed by atoms with Crippen LogP contribution < -0.4 is 5.11 Å². The van der Waals surface area contributed by atoms with E-state index in [1.54, 1.807) is 21.1 Å². The number of ether oxygens (including phenoxy) is 3. The van der Waals surface area contributed by atoms with Crippen molar-refractivity contribution in [3.63, 3.8) is 0 Å². The van der Waals surface area contributed by atoms with Gasteiger partial charge in [0.05, 0.1) is 40.3 Å². The summed E-state index contributed by atoms with van der Waals surface area (Å²) in [5.74, 6) is -1.73. The lowest BCUT2D eigenvalue weighted by molar-refractivity contribution is -0.889. The second-order valence-corrected chi connectivity index (χ2v) is 17.7. The Hall–Kier alpha value is -2.45. The number of esters is 2. The lowest BCUT2D eigenvalue weighted by atomic mass is 10.0. The maximum atomic E-state index is 12.8. The molecule has 0 heterocycles. The number of quaternary nitrogens is 1. The third-order valence-corrected chi connectivity index (χ3v) is 11.0. The minimum atomic E-state index is -1.12. The van der Waals surface area contributed by atoms with Gasteiger partial charge in [-0.15, -0.1) is 0 Å². The monoisotopic (exact) mass is 832 g/mol. The summed E-state index contributed by atoms with van der Waals surface area (Å²) in [6.45, 7) is 4.58. The molecule has 0 fully saturated rings. The SMILES string of the molecule is CC/C=C/C/C=C/C/C=C/CCCCCCCCCCCCC(=O)OC(COCCC(C(=O)[O-])[N+](C)(C)C)COC(=O)CCCCCCCCCCCCCCCCC. The standard InChI is InChI=1S/C51H93NO7/c1-6-8-10-12-14-16-18-20-22-23-24-25-26-28-30-32-34-36-38-40-42-50(54)59-47(45-57-44-43-48(51(55)56)52(3,4)5)46-58-49(53)41-39-37-35-33-31-29-27-21-19-17-15-13-11-9-7-2/h8,10,14,16,20,22,47-48H,6-7,9,11-13,15,17-19,21,23-46H2,1-5H3/b10-8+,16-14+,22-20+. The molecule has 0 spiro atoms. The minimum absolute atomic E-state index is 0.0423. The molecule has 0 radical (unpaired) electrons. The van der Waals surface area contributed by atoms with Crippen LogP contribution in [0.4, 0.5) is 0 Å².